The monoisotopic (exact) mass is 296 g/mol. The first-order chi connectivity index (χ1) is 9.62. The van der Waals surface area contributed by atoms with E-state index in [9.17, 15) is 0 Å². The van der Waals surface area contributed by atoms with E-state index in [1.54, 1.807) is 0 Å². The highest BCUT2D eigenvalue weighted by Gasteiger charge is 2.52. The molecular formula is C18H36OSi. The summed E-state index contributed by atoms with van der Waals surface area (Å²) in [6.07, 6.45) is 17.7. The van der Waals surface area contributed by atoms with Gasteiger partial charge in [-0.25, -0.2) is 0 Å². The minimum absolute atomic E-state index is 0.587. The smallest absolute Gasteiger partial charge is 0.193 e. The molecule has 2 heteroatoms. The molecule has 118 valence electrons. The predicted molar refractivity (Wildman–Crippen MR) is 90.7 cm³/mol. The van der Waals surface area contributed by atoms with Crippen LogP contribution in [-0.2, 0) is 4.43 Å². The molecule has 2 rings (SSSR count). The molecule has 2 saturated carbocycles. The number of hydrogen-bond acceptors (Lipinski definition) is 1. The van der Waals surface area contributed by atoms with Crippen molar-refractivity contribution in [2.75, 3.05) is 6.61 Å². The van der Waals surface area contributed by atoms with Gasteiger partial charge in [0.15, 0.2) is 8.32 Å². The van der Waals surface area contributed by atoms with E-state index in [1.807, 2.05) is 0 Å². The molecule has 0 saturated heterocycles. The Labute approximate surface area is 128 Å². The first-order valence-electron chi connectivity index (χ1n) is 9.26. The SMILES string of the molecule is CCO[Si](C)(C)C1(C2CCCCCC2)CCCCCC1. The van der Waals surface area contributed by atoms with Crippen LogP contribution >= 0.6 is 0 Å². The molecule has 2 fully saturated rings. The van der Waals surface area contributed by atoms with Gasteiger partial charge in [0, 0.05) is 6.61 Å². The van der Waals surface area contributed by atoms with Crippen LogP contribution in [0.3, 0.4) is 0 Å². The van der Waals surface area contributed by atoms with Gasteiger partial charge in [0.1, 0.15) is 0 Å². The molecule has 2 aliphatic carbocycles. The molecule has 0 aromatic carbocycles. The van der Waals surface area contributed by atoms with Gasteiger partial charge in [-0.1, -0.05) is 64.2 Å². The summed E-state index contributed by atoms with van der Waals surface area (Å²) in [6, 6.07) is 0. The second-order valence-corrected chi connectivity index (χ2v) is 12.0. The fourth-order valence-corrected chi connectivity index (χ4v) is 9.04. The summed E-state index contributed by atoms with van der Waals surface area (Å²) in [4.78, 5) is 0. The second-order valence-electron chi connectivity index (χ2n) is 7.70. The van der Waals surface area contributed by atoms with Crippen molar-refractivity contribution in [2.45, 2.75) is 102 Å². The van der Waals surface area contributed by atoms with E-state index in [1.165, 1.54) is 77.0 Å². The largest absolute Gasteiger partial charge is 0.417 e. The van der Waals surface area contributed by atoms with Crippen LogP contribution in [0.4, 0.5) is 0 Å². The lowest BCUT2D eigenvalue weighted by Gasteiger charge is -2.50. The highest BCUT2D eigenvalue weighted by molar-refractivity contribution is 6.74. The van der Waals surface area contributed by atoms with E-state index in [0.717, 1.165) is 12.5 Å². The zero-order valence-electron chi connectivity index (χ0n) is 14.2. The van der Waals surface area contributed by atoms with E-state index in [2.05, 4.69) is 20.0 Å². The lowest BCUT2D eigenvalue weighted by molar-refractivity contribution is 0.214. The van der Waals surface area contributed by atoms with Crippen LogP contribution in [0.25, 0.3) is 0 Å². The van der Waals surface area contributed by atoms with Crippen LogP contribution in [-0.4, -0.2) is 14.9 Å². The lowest BCUT2D eigenvalue weighted by Crippen LogP contribution is -2.49. The zero-order chi connectivity index (χ0) is 14.5. The third kappa shape index (κ3) is 3.49. The molecule has 0 atom stereocenters. The molecule has 0 bridgehead atoms. The van der Waals surface area contributed by atoms with Crippen molar-refractivity contribution in [1.29, 1.82) is 0 Å². The zero-order valence-corrected chi connectivity index (χ0v) is 15.2. The minimum atomic E-state index is -1.59. The third-order valence-corrected chi connectivity index (χ3v) is 10.7. The Kier molecular flexibility index (Phi) is 6.16. The number of rotatable bonds is 4. The summed E-state index contributed by atoms with van der Waals surface area (Å²) in [5.41, 5.74) is 0. The summed E-state index contributed by atoms with van der Waals surface area (Å²) in [5.74, 6) is 0.969. The lowest BCUT2D eigenvalue weighted by atomic mass is 9.80. The summed E-state index contributed by atoms with van der Waals surface area (Å²) >= 11 is 0. The Morgan fingerprint density at radius 1 is 0.850 bits per heavy atom. The van der Waals surface area contributed by atoms with Crippen molar-refractivity contribution in [3.8, 4) is 0 Å². The Morgan fingerprint density at radius 3 is 1.85 bits per heavy atom. The fourth-order valence-electron chi connectivity index (χ4n) is 5.20. The average Bonchev–Trinajstić information content (AvgIpc) is 2.82. The van der Waals surface area contributed by atoms with Crippen LogP contribution < -0.4 is 0 Å². The van der Waals surface area contributed by atoms with Gasteiger partial charge >= 0.3 is 0 Å². The molecule has 0 aromatic rings. The van der Waals surface area contributed by atoms with Crippen LogP contribution in [0.5, 0.6) is 0 Å². The van der Waals surface area contributed by atoms with Gasteiger partial charge in [-0.3, -0.25) is 0 Å². The second kappa shape index (κ2) is 7.44. The van der Waals surface area contributed by atoms with Crippen molar-refractivity contribution in [2.24, 2.45) is 5.92 Å². The van der Waals surface area contributed by atoms with Crippen molar-refractivity contribution in [3.63, 3.8) is 0 Å². The first kappa shape index (κ1) is 16.5. The summed E-state index contributed by atoms with van der Waals surface area (Å²) < 4.78 is 6.46. The van der Waals surface area contributed by atoms with Crippen LogP contribution in [0, 0.1) is 5.92 Å². The van der Waals surface area contributed by atoms with E-state index in [0.29, 0.717) is 5.04 Å². The molecule has 0 amide bonds. The van der Waals surface area contributed by atoms with Crippen LogP contribution in [0.15, 0.2) is 0 Å². The van der Waals surface area contributed by atoms with Crippen molar-refractivity contribution in [1.82, 2.24) is 0 Å². The van der Waals surface area contributed by atoms with Gasteiger partial charge in [0.05, 0.1) is 0 Å². The topological polar surface area (TPSA) is 9.23 Å². The van der Waals surface area contributed by atoms with Gasteiger partial charge < -0.3 is 4.43 Å². The van der Waals surface area contributed by atoms with Crippen molar-refractivity contribution >= 4 is 8.32 Å². The third-order valence-electron chi connectivity index (χ3n) is 6.34. The van der Waals surface area contributed by atoms with E-state index >= 15 is 0 Å². The average molecular weight is 297 g/mol. The molecule has 0 unspecified atom stereocenters. The predicted octanol–water partition coefficient (Wildman–Crippen LogP) is 6.29. The molecule has 0 spiro atoms. The number of hydrogen-bond donors (Lipinski definition) is 0. The van der Waals surface area contributed by atoms with Gasteiger partial charge in [0.25, 0.3) is 0 Å². The summed E-state index contributed by atoms with van der Waals surface area (Å²) in [6.45, 7) is 8.19. The highest BCUT2D eigenvalue weighted by Crippen LogP contribution is 2.58. The summed E-state index contributed by atoms with van der Waals surface area (Å²) in [5, 5.41) is 0.587. The Balaban J connectivity index is 2.25. The van der Waals surface area contributed by atoms with Gasteiger partial charge in [-0.15, -0.1) is 0 Å². The maximum atomic E-state index is 6.46. The molecular weight excluding hydrogens is 260 g/mol. The molecule has 20 heavy (non-hydrogen) atoms. The van der Waals surface area contributed by atoms with Crippen molar-refractivity contribution < 1.29 is 4.43 Å². The molecule has 0 aromatic heterocycles. The van der Waals surface area contributed by atoms with E-state index in [-0.39, 0.29) is 0 Å². The van der Waals surface area contributed by atoms with Crippen LogP contribution in [0.2, 0.25) is 18.1 Å². The molecule has 0 heterocycles. The Morgan fingerprint density at radius 2 is 1.35 bits per heavy atom. The normalized spacial score (nSPS) is 25.9. The van der Waals surface area contributed by atoms with Crippen LogP contribution in [0.1, 0.15) is 84.0 Å². The Hall–Kier alpha value is 0.177. The molecule has 0 radical (unpaired) electrons. The van der Waals surface area contributed by atoms with Gasteiger partial charge in [-0.05, 0) is 43.8 Å². The van der Waals surface area contributed by atoms with Crippen molar-refractivity contribution in [3.05, 3.63) is 0 Å². The molecule has 0 aliphatic heterocycles. The Bertz CT molecular complexity index is 271. The molecule has 1 nitrogen and oxygen atoms in total. The standard InChI is InChI=1S/C18H36OSi/c1-4-19-20(2,3)18(15-11-7-8-12-16-18)17-13-9-5-6-10-14-17/h17H,4-16H2,1-3H3. The maximum absolute atomic E-state index is 6.46. The first-order valence-corrected chi connectivity index (χ1v) is 12.2. The highest BCUT2D eigenvalue weighted by atomic mass is 28.4. The maximum Gasteiger partial charge on any atom is 0.193 e. The van der Waals surface area contributed by atoms with Gasteiger partial charge in [-0.2, -0.15) is 0 Å². The summed E-state index contributed by atoms with van der Waals surface area (Å²) in [7, 11) is -1.59. The molecule has 0 N–H and O–H groups in total. The van der Waals surface area contributed by atoms with E-state index in [4.69, 9.17) is 4.43 Å². The molecule has 2 aliphatic rings. The van der Waals surface area contributed by atoms with E-state index < -0.39 is 8.32 Å². The quantitative estimate of drug-likeness (QED) is 0.437. The minimum Gasteiger partial charge on any atom is -0.417 e. The van der Waals surface area contributed by atoms with Gasteiger partial charge in [0.2, 0.25) is 0 Å². The fraction of sp³-hybridized carbons (Fsp3) is 1.00.